The molecule has 0 bridgehead atoms. The summed E-state index contributed by atoms with van der Waals surface area (Å²) in [5.41, 5.74) is 2.58. The van der Waals surface area contributed by atoms with Gasteiger partial charge in [-0.05, 0) is 48.6 Å². The number of allylic oxidation sites excluding steroid dienone is 3. The molecule has 0 spiro atoms. The number of fused-ring (bicyclic) bond motifs is 3. The van der Waals surface area contributed by atoms with Crippen molar-refractivity contribution in [3.8, 4) is 0 Å². The molecule has 0 unspecified atom stereocenters. The minimum atomic E-state index is 0.152. The predicted octanol–water partition coefficient (Wildman–Crippen LogP) is 5.46. The molecule has 1 aromatic heterocycles. The highest BCUT2D eigenvalue weighted by atomic mass is 35.5. The van der Waals surface area contributed by atoms with Crippen LogP contribution in [0.15, 0.2) is 66.7 Å². The monoisotopic (exact) mass is 342 g/mol. The van der Waals surface area contributed by atoms with Crippen LogP contribution in [0.4, 0.5) is 0 Å². The van der Waals surface area contributed by atoms with E-state index in [1.54, 1.807) is 12.4 Å². The molecule has 1 aliphatic rings. The molecule has 23 heavy (non-hydrogen) atoms. The summed E-state index contributed by atoms with van der Waals surface area (Å²) in [5, 5.41) is 16.6. The Balaban J connectivity index is 2.16. The summed E-state index contributed by atoms with van der Waals surface area (Å²) in [6, 6.07) is 11.4. The molecule has 4 rings (SSSR count). The van der Waals surface area contributed by atoms with Crippen LogP contribution in [0.2, 0.25) is 10.0 Å². The van der Waals surface area contributed by atoms with Crippen LogP contribution >= 0.6 is 23.2 Å². The van der Waals surface area contributed by atoms with E-state index < -0.39 is 0 Å². The smallest absolute Gasteiger partial charge is 0.155 e. The van der Waals surface area contributed by atoms with Gasteiger partial charge in [0.05, 0.1) is 16.7 Å². The summed E-state index contributed by atoms with van der Waals surface area (Å²) in [6.45, 7) is 0. The minimum Gasteiger partial charge on any atom is -0.504 e. The fourth-order valence-corrected chi connectivity index (χ4v) is 3.24. The SMILES string of the molecule is OC1=CNC=CC=C1n1c2ccc(Cl)cc2c2cc(Cl)ccc21. The van der Waals surface area contributed by atoms with Gasteiger partial charge >= 0.3 is 0 Å². The molecule has 2 heterocycles. The van der Waals surface area contributed by atoms with Gasteiger partial charge in [0.25, 0.3) is 0 Å². The lowest BCUT2D eigenvalue weighted by atomic mass is 10.1. The fraction of sp³-hybridized carbons (Fsp3) is 0. The Kier molecular flexibility index (Phi) is 3.33. The largest absolute Gasteiger partial charge is 0.504 e. The Morgan fingerprint density at radius 2 is 1.52 bits per heavy atom. The van der Waals surface area contributed by atoms with Gasteiger partial charge in [0, 0.05) is 33.2 Å². The van der Waals surface area contributed by atoms with Gasteiger partial charge in [-0.3, -0.25) is 0 Å². The molecule has 0 saturated carbocycles. The number of benzene rings is 2. The van der Waals surface area contributed by atoms with Crippen molar-refractivity contribution < 1.29 is 5.11 Å². The first-order valence-corrected chi connectivity index (χ1v) is 7.83. The zero-order valence-electron chi connectivity index (χ0n) is 11.9. The third-order valence-corrected chi connectivity index (χ3v) is 4.33. The molecule has 0 radical (unpaired) electrons. The Morgan fingerprint density at radius 3 is 2.13 bits per heavy atom. The van der Waals surface area contributed by atoms with E-state index in [1.807, 2.05) is 53.1 Å². The molecule has 1 aliphatic heterocycles. The number of rotatable bonds is 1. The second kappa shape index (κ2) is 5.37. The summed E-state index contributed by atoms with van der Waals surface area (Å²) >= 11 is 12.3. The highest BCUT2D eigenvalue weighted by Gasteiger charge is 2.17. The lowest BCUT2D eigenvalue weighted by Crippen LogP contribution is -2.01. The molecule has 0 fully saturated rings. The Hall–Kier alpha value is -2.36. The van der Waals surface area contributed by atoms with E-state index in [0.717, 1.165) is 21.8 Å². The van der Waals surface area contributed by atoms with E-state index in [9.17, 15) is 5.11 Å². The Bertz CT molecular complexity index is 969. The van der Waals surface area contributed by atoms with Crippen molar-refractivity contribution in [2.24, 2.45) is 0 Å². The van der Waals surface area contributed by atoms with E-state index in [4.69, 9.17) is 23.2 Å². The van der Waals surface area contributed by atoms with Gasteiger partial charge in [0.1, 0.15) is 0 Å². The van der Waals surface area contributed by atoms with E-state index in [1.165, 1.54) is 0 Å². The van der Waals surface area contributed by atoms with Gasteiger partial charge in [0.2, 0.25) is 0 Å². The van der Waals surface area contributed by atoms with Gasteiger partial charge < -0.3 is 15.0 Å². The number of aliphatic hydroxyl groups excluding tert-OH is 1. The molecule has 3 nitrogen and oxygen atoms in total. The third-order valence-electron chi connectivity index (χ3n) is 3.86. The maximum atomic E-state index is 10.4. The summed E-state index contributed by atoms with van der Waals surface area (Å²) in [6.07, 6.45) is 7.01. The quantitative estimate of drug-likeness (QED) is 0.616. The van der Waals surface area contributed by atoms with E-state index in [0.29, 0.717) is 15.7 Å². The first kappa shape index (κ1) is 14.2. The zero-order chi connectivity index (χ0) is 16.0. The Labute approximate surface area is 142 Å². The molecule has 114 valence electrons. The highest BCUT2D eigenvalue weighted by Crippen LogP contribution is 2.36. The zero-order valence-corrected chi connectivity index (χ0v) is 13.4. The normalized spacial score (nSPS) is 14.5. The Morgan fingerprint density at radius 1 is 0.913 bits per heavy atom. The molecule has 2 aromatic carbocycles. The van der Waals surface area contributed by atoms with Crippen molar-refractivity contribution in [1.82, 2.24) is 9.88 Å². The van der Waals surface area contributed by atoms with Crippen molar-refractivity contribution in [1.29, 1.82) is 0 Å². The van der Waals surface area contributed by atoms with Crippen LogP contribution in [-0.4, -0.2) is 9.67 Å². The number of hydrogen-bond acceptors (Lipinski definition) is 2. The van der Waals surface area contributed by atoms with Crippen LogP contribution in [0.5, 0.6) is 0 Å². The van der Waals surface area contributed by atoms with Crippen LogP contribution in [0.3, 0.4) is 0 Å². The molecule has 0 amide bonds. The maximum Gasteiger partial charge on any atom is 0.155 e. The minimum absolute atomic E-state index is 0.152. The standard InChI is InChI=1S/C18H12Cl2N2O/c19-11-3-5-15-13(8-11)14-9-12(20)4-6-16(14)22(15)17-2-1-7-21-10-18(17)23/h1-10,21,23H. The summed E-state index contributed by atoms with van der Waals surface area (Å²) in [7, 11) is 0. The summed E-state index contributed by atoms with van der Waals surface area (Å²) < 4.78 is 2.00. The molecule has 0 atom stereocenters. The van der Waals surface area contributed by atoms with E-state index in [-0.39, 0.29) is 5.76 Å². The molecule has 0 aliphatic carbocycles. The van der Waals surface area contributed by atoms with Crippen molar-refractivity contribution in [3.63, 3.8) is 0 Å². The fourth-order valence-electron chi connectivity index (χ4n) is 2.90. The second-order valence-electron chi connectivity index (χ2n) is 5.27. The van der Waals surface area contributed by atoms with Crippen LogP contribution in [0.1, 0.15) is 0 Å². The highest BCUT2D eigenvalue weighted by molar-refractivity contribution is 6.33. The number of nitrogens with one attached hydrogen (secondary N) is 1. The number of aliphatic hydroxyl groups is 1. The molecule has 3 aromatic rings. The number of halogens is 2. The number of aromatic nitrogens is 1. The molecule has 0 saturated heterocycles. The van der Waals surface area contributed by atoms with Crippen LogP contribution in [0, 0.1) is 0 Å². The first-order valence-electron chi connectivity index (χ1n) is 7.07. The predicted molar refractivity (Wildman–Crippen MR) is 96.7 cm³/mol. The van der Waals surface area contributed by atoms with Crippen molar-refractivity contribution >= 4 is 50.7 Å². The average Bonchev–Trinajstić information content (AvgIpc) is 2.68. The van der Waals surface area contributed by atoms with Crippen molar-refractivity contribution in [3.05, 3.63) is 76.8 Å². The third kappa shape index (κ3) is 2.29. The van der Waals surface area contributed by atoms with Crippen LogP contribution in [0.25, 0.3) is 27.5 Å². The van der Waals surface area contributed by atoms with Crippen molar-refractivity contribution in [2.75, 3.05) is 0 Å². The lowest BCUT2D eigenvalue weighted by Gasteiger charge is -2.11. The molecular weight excluding hydrogens is 331 g/mol. The van der Waals surface area contributed by atoms with Gasteiger partial charge in [-0.25, -0.2) is 0 Å². The molecular formula is C18H12Cl2N2O. The average molecular weight is 343 g/mol. The number of nitrogens with zero attached hydrogens (tertiary/aromatic N) is 1. The van der Waals surface area contributed by atoms with E-state index >= 15 is 0 Å². The first-order chi connectivity index (χ1) is 11.1. The van der Waals surface area contributed by atoms with Gasteiger partial charge in [0.15, 0.2) is 5.76 Å². The maximum absolute atomic E-state index is 10.4. The topological polar surface area (TPSA) is 37.2 Å². The summed E-state index contributed by atoms with van der Waals surface area (Å²) in [4.78, 5) is 0. The molecule has 5 heteroatoms. The van der Waals surface area contributed by atoms with E-state index in [2.05, 4.69) is 5.32 Å². The van der Waals surface area contributed by atoms with Gasteiger partial charge in [-0.1, -0.05) is 23.2 Å². The lowest BCUT2D eigenvalue weighted by molar-refractivity contribution is 0.430. The van der Waals surface area contributed by atoms with Crippen LogP contribution in [-0.2, 0) is 0 Å². The second-order valence-corrected chi connectivity index (χ2v) is 6.14. The van der Waals surface area contributed by atoms with Gasteiger partial charge in [-0.15, -0.1) is 0 Å². The number of hydrogen-bond donors (Lipinski definition) is 2. The molecule has 2 N–H and O–H groups in total. The van der Waals surface area contributed by atoms with Crippen molar-refractivity contribution in [2.45, 2.75) is 0 Å². The van der Waals surface area contributed by atoms with Gasteiger partial charge in [-0.2, -0.15) is 0 Å². The van der Waals surface area contributed by atoms with Crippen LogP contribution < -0.4 is 5.32 Å². The summed E-state index contributed by atoms with van der Waals surface area (Å²) in [5.74, 6) is 0.152.